The van der Waals surface area contributed by atoms with E-state index < -0.39 is 0 Å². The van der Waals surface area contributed by atoms with Crippen LogP contribution in [0, 0.1) is 0 Å². The molecule has 0 amide bonds. The molecule has 1 unspecified atom stereocenters. The lowest BCUT2D eigenvalue weighted by Gasteiger charge is -1.91. The van der Waals surface area contributed by atoms with Crippen LogP contribution >= 0.6 is 11.9 Å². The largest absolute Gasteiger partial charge is 0.319 e. The monoisotopic (exact) mass is 92.0 g/mol. The second-order valence-corrected chi connectivity index (χ2v) is 1.86. The van der Waals surface area contributed by atoms with E-state index >= 15 is 0 Å². The molecule has 0 radical (unpaired) electrons. The van der Waals surface area contributed by atoms with E-state index in [2.05, 4.69) is 0 Å². The van der Waals surface area contributed by atoms with Gasteiger partial charge < -0.3 is 5.73 Å². The fourth-order valence-electron chi connectivity index (χ4n) is 0. The van der Waals surface area contributed by atoms with Gasteiger partial charge in [0.05, 0.1) is 5.37 Å². The molecule has 0 spiro atoms. The minimum absolute atomic E-state index is 0.0787. The first kappa shape index (κ1) is 5.27. The lowest BCUT2D eigenvalue weighted by molar-refractivity contribution is 1.05. The number of hydrogen-bond donors (Lipinski definition) is 2. The van der Waals surface area contributed by atoms with Crippen LogP contribution in [0.4, 0.5) is 0 Å². The Morgan fingerprint density at radius 1 is 1.80 bits per heavy atom. The summed E-state index contributed by atoms with van der Waals surface area (Å²) in [7, 11) is 0. The van der Waals surface area contributed by atoms with Crippen LogP contribution < -0.4 is 10.9 Å². The second-order valence-electron chi connectivity index (χ2n) is 0.841. The van der Waals surface area contributed by atoms with E-state index in [0.717, 1.165) is 11.9 Å². The molecule has 0 saturated carbocycles. The van der Waals surface area contributed by atoms with Gasteiger partial charge in [-0.15, -0.1) is 0 Å². The van der Waals surface area contributed by atoms with E-state index in [-0.39, 0.29) is 5.37 Å². The molecular formula is C2H8N2S. The average molecular weight is 92.2 g/mol. The summed E-state index contributed by atoms with van der Waals surface area (Å²) in [6.07, 6.45) is 0. The Morgan fingerprint density at radius 3 is 2.00 bits per heavy atom. The zero-order valence-corrected chi connectivity index (χ0v) is 3.96. The molecule has 0 aliphatic rings. The lowest BCUT2D eigenvalue weighted by Crippen LogP contribution is -2.11. The fourth-order valence-corrected chi connectivity index (χ4v) is 0. The molecule has 2 nitrogen and oxygen atoms in total. The van der Waals surface area contributed by atoms with Gasteiger partial charge in [0.25, 0.3) is 0 Å². The van der Waals surface area contributed by atoms with Crippen molar-refractivity contribution in [1.82, 2.24) is 0 Å². The summed E-state index contributed by atoms with van der Waals surface area (Å²) in [4.78, 5) is 0. The summed E-state index contributed by atoms with van der Waals surface area (Å²) in [6, 6.07) is 0. The molecule has 0 bridgehead atoms. The van der Waals surface area contributed by atoms with Crippen LogP contribution in [0.15, 0.2) is 0 Å². The Kier molecular flexibility index (Phi) is 2.64. The molecular weight excluding hydrogens is 84.1 g/mol. The molecule has 4 N–H and O–H groups in total. The Bertz CT molecular complexity index is 21.6. The first-order valence-electron chi connectivity index (χ1n) is 1.38. The molecule has 0 heterocycles. The quantitative estimate of drug-likeness (QED) is 0.351. The van der Waals surface area contributed by atoms with Gasteiger partial charge in [0, 0.05) is 0 Å². The normalized spacial score (nSPS) is 15.0. The van der Waals surface area contributed by atoms with Crippen molar-refractivity contribution in [2.45, 2.75) is 12.3 Å². The maximum absolute atomic E-state index is 5.13. The van der Waals surface area contributed by atoms with Crippen molar-refractivity contribution in [3.05, 3.63) is 0 Å². The lowest BCUT2D eigenvalue weighted by atomic mass is 10.8. The molecule has 0 aromatic heterocycles. The third kappa shape index (κ3) is 4.27. The van der Waals surface area contributed by atoms with Crippen molar-refractivity contribution in [3.8, 4) is 0 Å². The van der Waals surface area contributed by atoms with Crippen LogP contribution in [-0.2, 0) is 0 Å². The van der Waals surface area contributed by atoms with Crippen molar-refractivity contribution < 1.29 is 0 Å². The SMILES string of the molecule is CC(N)SN. The van der Waals surface area contributed by atoms with Gasteiger partial charge in [-0.1, -0.05) is 11.9 Å². The third-order valence-corrected chi connectivity index (χ3v) is 0.644. The molecule has 5 heavy (non-hydrogen) atoms. The Labute approximate surface area is 36.0 Å². The molecule has 0 aromatic rings. The first-order valence-corrected chi connectivity index (χ1v) is 2.32. The van der Waals surface area contributed by atoms with E-state index in [1.807, 2.05) is 6.92 Å². The Hall–Kier alpha value is 0.270. The maximum atomic E-state index is 5.13. The van der Waals surface area contributed by atoms with Gasteiger partial charge in [-0.05, 0) is 6.92 Å². The predicted octanol–water partition coefficient (Wildman–Crippen LogP) is -0.102. The molecule has 0 aliphatic heterocycles. The third-order valence-electron chi connectivity index (χ3n) is 0.215. The molecule has 0 aromatic carbocycles. The summed E-state index contributed by atoms with van der Waals surface area (Å²) in [5.41, 5.74) is 5.13. The molecule has 3 heteroatoms. The smallest absolute Gasteiger partial charge is 0.0623 e. The van der Waals surface area contributed by atoms with Gasteiger partial charge in [0.15, 0.2) is 0 Å². The summed E-state index contributed by atoms with van der Waals surface area (Å²) in [6.45, 7) is 1.84. The van der Waals surface area contributed by atoms with Gasteiger partial charge in [0.2, 0.25) is 0 Å². The molecule has 1 atom stereocenters. The Morgan fingerprint density at radius 2 is 2.00 bits per heavy atom. The van der Waals surface area contributed by atoms with Crippen LogP contribution in [0.25, 0.3) is 0 Å². The van der Waals surface area contributed by atoms with E-state index in [1.54, 1.807) is 0 Å². The van der Waals surface area contributed by atoms with E-state index in [1.165, 1.54) is 0 Å². The van der Waals surface area contributed by atoms with Crippen LogP contribution in [-0.4, -0.2) is 5.37 Å². The summed E-state index contributed by atoms with van der Waals surface area (Å²) >= 11 is 1.16. The van der Waals surface area contributed by atoms with Gasteiger partial charge in [-0.2, -0.15) is 0 Å². The maximum Gasteiger partial charge on any atom is 0.0623 e. The standard InChI is InChI=1S/C2H8N2S/c1-2(3)5-4/h2H,3-4H2,1H3. The van der Waals surface area contributed by atoms with Gasteiger partial charge in [-0.25, -0.2) is 0 Å². The topological polar surface area (TPSA) is 52.0 Å². The first-order chi connectivity index (χ1) is 2.27. The average Bonchev–Trinajstić information content (AvgIpc) is 1.38. The van der Waals surface area contributed by atoms with Gasteiger partial charge in [0.1, 0.15) is 0 Å². The molecule has 0 aliphatic carbocycles. The van der Waals surface area contributed by atoms with E-state index in [0.29, 0.717) is 0 Å². The highest BCUT2D eigenvalue weighted by Gasteiger charge is 1.80. The minimum Gasteiger partial charge on any atom is -0.319 e. The van der Waals surface area contributed by atoms with Crippen molar-refractivity contribution in [2.75, 3.05) is 0 Å². The second kappa shape index (κ2) is 2.50. The van der Waals surface area contributed by atoms with Crippen LogP contribution in [0.1, 0.15) is 6.92 Å². The van der Waals surface area contributed by atoms with Crippen molar-refractivity contribution in [2.24, 2.45) is 10.9 Å². The molecule has 32 valence electrons. The zero-order chi connectivity index (χ0) is 4.28. The molecule has 0 saturated heterocycles. The highest BCUT2D eigenvalue weighted by molar-refractivity contribution is 7.97. The molecule has 0 fully saturated rings. The van der Waals surface area contributed by atoms with E-state index in [9.17, 15) is 0 Å². The summed E-state index contributed by atoms with van der Waals surface area (Å²) < 4.78 is 0. The zero-order valence-electron chi connectivity index (χ0n) is 3.14. The van der Waals surface area contributed by atoms with Crippen LogP contribution in [0.2, 0.25) is 0 Å². The predicted molar refractivity (Wildman–Crippen MR) is 25.4 cm³/mol. The van der Waals surface area contributed by atoms with E-state index in [4.69, 9.17) is 10.9 Å². The Balaban J connectivity index is 2.54. The number of rotatable bonds is 1. The van der Waals surface area contributed by atoms with Crippen LogP contribution in [0.5, 0.6) is 0 Å². The van der Waals surface area contributed by atoms with Crippen molar-refractivity contribution in [1.29, 1.82) is 0 Å². The van der Waals surface area contributed by atoms with Crippen molar-refractivity contribution >= 4 is 11.9 Å². The van der Waals surface area contributed by atoms with Crippen molar-refractivity contribution in [3.63, 3.8) is 0 Å². The summed E-state index contributed by atoms with van der Waals surface area (Å²) in [5.74, 6) is 0. The highest BCUT2D eigenvalue weighted by Crippen LogP contribution is 1.87. The fraction of sp³-hybridized carbons (Fsp3) is 1.00. The number of nitrogens with two attached hydrogens (primary N) is 2. The number of hydrogen-bond acceptors (Lipinski definition) is 3. The van der Waals surface area contributed by atoms with Crippen LogP contribution in [0.3, 0.4) is 0 Å². The minimum atomic E-state index is 0.0787. The van der Waals surface area contributed by atoms with Gasteiger partial charge >= 0.3 is 0 Å². The molecule has 0 rings (SSSR count). The highest BCUT2D eigenvalue weighted by atomic mass is 32.2. The van der Waals surface area contributed by atoms with Gasteiger partial charge in [-0.3, -0.25) is 5.14 Å². The summed E-state index contributed by atoms with van der Waals surface area (Å²) in [5, 5.41) is 5.04.